The van der Waals surface area contributed by atoms with Gasteiger partial charge in [-0.1, -0.05) is 17.7 Å². The highest BCUT2D eigenvalue weighted by Crippen LogP contribution is 2.22. The quantitative estimate of drug-likeness (QED) is 0.925. The molecule has 0 aliphatic rings. The lowest BCUT2D eigenvalue weighted by Gasteiger charge is -2.11. The van der Waals surface area contributed by atoms with Gasteiger partial charge < -0.3 is 5.32 Å². The molecular formula is C12H14ClFN4. The topological polar surface area (TPSA) is 42.7 Å². The van der Waals surface area contributed by atoms with E-state index in [2.05, 4.69) is 15.4 Å². The van der Waals surface area contributed by atoms with Gasteiger partial charge in [-0.05, 0) is 26.0 Å². The standard InChI is InChI=1S/C12H14ClFN4/c1-8(2)18-11(16-7-17-18)6-15-10-5-3-4-9(13)12(10)14/h3-5,7-8,15H,6H2,1-2H3. The van der Waals surface area contributed by atoms with Crippen molar-refractivity contribution in [2.24, 2.45) is 0 Å². The molecule has 2 aromatic rings. The molecule has 1 aromatic carbocycles. The number of halogens is 2. The Balaban J connectivity index is 2.12. The summed E-state index contributed by atoms with van der Waals surface area (Å²) in [6, 6.07) is 5.06. The van der Waals surface area contributed by atoms with E-state index in [1.807, 2.05) is 13.8 Å². The van der Waals surface area contributed by atoms with Crippen molar-refractivity contribution < 1.29 is 4.39 Å². The molecule has 0 saturated carbocycles. The van der Waals surface area contributed by atoms with Crippen molar-refractivity contribution in [3.05, 3.63) is 41.2 Å². The van der Waals surface area contributed by atoms with Crippen LogP contribution in [0.3, 0.4) is 0 Å². The first kappa shape index (κ1) is 12.8. The van der Waals surface area contributed by atoms with Crippen LogP contribution in [0.4, 0.5) is 10.1 Å². The molecule has 6 heteroatoms. The van der Waals surface area contributed by atoms with Crippen LogP contribution in [0.5, 0.6) is 0 Å². The first-order valence-electron chi connectivity index (χ1n) is 5.66. The van der Waals surface area contributed by atoms with Crippen LogP contribution in [0.15, 0.2) is 24.5 Å². The summed E-state index contributed by atoms with van der Waals surface area (Å²) in [5.74, 6) is 0.305. The summed E-state index contributed by atoms with van der Waals surface area (Å²) < 4.78 is 15.4. The largest absolute Gasteiger partial charge is 0.375 e. The highest BCUT2D eigenvalue weighted by atomic mass is 35.5. The van der Waals surface area contributed by atoms with Crippen molar-refractivity contribution in [2.45, 2.75) is 26.4 Å². The van der Waals surface area contributed by atoms with E-state index >= 15 is 0 Å². The normalized spacial score (nSPS) is 10.9. The van der Waals surface area contributed by atoms with E-state index in [1.54, 1.807) is 16.8 Å². The van der Waals surface area contributed by atoms with Crippen LogP contribution in [0.1, 0.15) is 25.7 Å². The number of hydrogen-bond acceptors (Lipinski definition) is 3. The fourth-order valence-electron chi connectivity index (χ4n) is 1.65. The minimum absolute atomic E-state index is 0.102. The lowest BCUT2D eigenvalue weighted by molar-refractivity contribution is 0.508. The highest BCUT2D eigenvalue weighted by Gasteiger charge is 2.09. The third-order valence-corrected chi connectivity index (χ3v) is 2.82. The second kappa shape index (κ2) is 5.35. The lowest BCUT2D eigenvalue weighted by atomic mass is 10.3. The van der Waals surface area contributed by atoms with Gasteiger partial charge in [-0.3, -0.25) is 0 Å². The van der Waals surface area contributed by atoms with E-state index in [9.17, 15) is 4.39 Å². The SMILES string of the molecule is CC(C)n1ncnc1CNc1cccc(Cl)c1F. The third-order valence-electron chi connectivity index (χ3n) is 2.52. The van der Waals surface area contributed by atoms with Crippen molar-refractivity contribution in [1.82, 2.24) is 14.8 Å². The molecular weight excluding hydrogens is 255 g/mol. The molecule has 1 heterocycles. The van der Waals surface area contributed by atoms with Crippen molar-refractivity contribution >= 4 is 17.3 Å². The van der Waals surface area contributed by atoms with Crippen LogP contribution in [0, 0.1) is 5.82 Å². The Bertz CT molecular complexity index is 539. The fraction of sp³-hybridized carbons (Fsp3) is 0.333. The summed E-state index contributed by atoms with van der Waals surface area (Å²) in [5, 5.41) is 7.18. The average molecular weight is 269 g/mol. The van der Waals surface area contributed by atoms with E-state index in [1.165, 1.54) is 12.4 Å². The smallest absolute Gasteiger partial charge is 0.164 e. The summed E-state index contributed by atoms with van der Waals surface area (Å²) >= 11 is 5.71. The Morgan fingerprint density at radius 3 is 2.94 bits per heavy atom. The maximum Gasteiger partial charge on any atom is 0.164 e. The molecule has 96 valence electrons. The average Bonchev–Trinajstić information content (AvgIpc) is 2.79. The highest BCUT2D eigenvalue weighted by molar-refractivity contribution is 6.31. The van der Waals surface area contributed by atoms with E-state index in [4.69, 9.17) is 11.6 Å². The van der Waals surface area contributed by atoms with Gasteiger partial charge >= 0.3 is 0 Å². The predicted molar refractivity (Wildman–Crippen MR) is 69.1 cm³/mol. The molecule has 0 unspecified atom stereocenters. The number of rotatable bonds is 4. The van der Waals surface area contributed by atoms with Crippen molar-refractivity contribution in [2.75, 3.05) is 5.32 Å². The van der Waals surface area contributed by atoms with Crippen LogP contribution in [-0.4, -0.2) is 14.8 Å². The number of nitrogens with zero attached hydrogens (tertiary/aromatic N) is 3. The van der Waals surface area contributed by atoms with Crippen LogP contribution < -0.4 is 5.32 Å². The maximum atomic E-state index is 13.7. The van der Waals surface area contributed by atoms with Gasteiger partial charge in [-0.25, -0.2) is 14.1 Å². The molecule has 0 atom stereocenters. The van der Waals surface area contributed by atoms with Gasteiger partial charge in [-0.2, -0.15) is 5.10 Å². The molecule has 0 spiro atoms. The van der Waals surface area contributed by atoms with Gasteiger partial charge in [0.15, 0.2) is 5.82 Å². The Labute approximate surface area is 110 Å². The lowest BCUT2D eigenvalue weighted by Crippen LogP contribution is -2.12. The molecule has 2 rings (SSSR count). The Hall–Kier alpha value is -1.62. The molecule has 1 N–H and O–H groups in total. The molecule has 0 amide bonds. The third kappa shape index (κ3) is 2.61. The summed E-state index contributed by atoms with van der Waals surface area (Å²) in [5.41, 5.74) is 0.362. The second-order valence-electron chi connectivity index (χ2n) is 4.17. The fourth-order valence-corrected chi connectivity index (χ4v) is 1.82. The van der Waals surface area contributed by atoms with Gasteiger partial charge in [-0.15, -0.1) is 0 Å². The van der Waals surface area contributed by atoms with Gasteiger partial charge in [0.05, 0.1) is 17.3 Å². The van der Waals surface area contributed by atoms with E-state index in [0.29, 0.717) is 12.2 Å². The minimum Gasteiger partial charge on any atom is -0.375 e. The van der Waals surface area contributed by atoms with Gasteiger partial charge in [0, 0.05) is 6.04 Å². The van der Waals surface area contributed by atoms with Gasteiger partial charge in [0.1, 0.15) is 12.2 Å². The molecule has 0 bridgehead atoms. The zero-order valence-electron chi connectivity index (χ0n) is 10.2. The first-order chi connectivity index (χ1) is 8.59. The molecule has 1 aromatic heterocycles. The van der Waals surface area contributed by atoms with Crippen molar-refractivity contribution in [1.29, 1.82) is 0 Å². The van der Waals surface area contributed by atoms with E-state index < -0.39 is 5.82 Å². The van der Waals surface area contributed by atoms with Crippen LogP contribution in [0.25, 0.3) is 0 Å². The minimum atomic E-state index is -0.449. The first-order valence-corrected chi connectivity index (χ1v) is 6.03. The predicted octanol–water partition coefficient (Wildman–Crippen LogP) is 3.26. The number of benzene rings is 1. The van der Waals surface area contributed by atoms with Gasteiger partial charge in [0.25, 0.3) is 0 Å². The number of hydrogen-bond donors (Lipinski definition) is 1. The monoisotopic (exact) mass is 268 g/mol. The number of aromatic nitrogens is 3. The summed E-state index contributed by atoms with van der Waals surface area (Å²) in [4.78, 5) is 4.14. The van der Waals surface area contributed by atoms with Crippen LogP contribution >= 0.6 is 11.6 Å². The zero-order valence-corrected chi connectivity index (χ0v) is 10.9. The molecule has 0 fully saturated rings. The maximum absolute atomic E-state index is 13.7. The molecule has 0 aliphatic carbocycles. The van der Waals surface area contributed by atoms with E-state index in [0.717, 1.165) is 5.82 Å². The molecule has 0 aliphatic heterocycles. The zero-order chi connectivity index (χ0) is 13.1. The summed E-state index contributed by atoms with van der Waals surface area (Å²) in [6.45, 7) is 4.42. The van der Waals surface area contributed by atoms with Crippen LogP contribution in [-0.2, 0) is 6.54 Å². The molecule has 0 radical (unpaired) electrons. The Morgan fingerprint density at radius 1 is 1.44 bits per heavy atom. The molecule has 18 heavy (non-hydrogen) atoms. The molecule has 0 saturated heterocycles. The Kier molecular flexibility index (Phi) is 3.81. The number of nitrogens with one attached hydrogen (secondary N) is 1. The Morgan fingerprint density at radius 2 is 2.22 bits per heavy atom. The summed E-state index contributed by atoms with van der Waals surface area (Å²) in [7, 11) is 0. The second-order valence-corrected chi connectivity index (χ2v) is 4.58. The molecule has 4 nitrogen and oxygen atoms in total. The van der Waals surface area contributed by atoms with E-state index in [-0.39, 0.29) is 11.1 Å². The summed E-state index contributed by atoms with van der Waals surface area (Å²) in [6.07, 6.45) is 1.49. The van der Waals surface area contributed by atoms with Crippen molar-refractivity contribution in [3.8, 4) is 0 Å². The van der Waals surface area contributed by atoms with Gasteiger partial charge in [0.2, 0.25) is 0 Å². The number of anilines is 1. The van der Waals surface area contributed by atoms with Crippen molar-refractivity contribution in [3.63, 3.8) is 0 Å². The van der Waals surface area contributed by atoms with Crippen LogP contribution in [0.2, 0.25) is 5.02 Å².